The van der Waals surface area contributed by atoms with Gasteiger partial charge in [0, 0.05) is 34.4 Å². The Morgan fingerprint density at radius 2 is 2.24 bits per heavy atom. The summed E-state index contributed by atoms with van der Waals surface area (Å²) in [5.74, 6) is 0.908. The molecule has 3 rings (SSSR count). The number of pyridine rings is 1. The summed E-state index contributed by atoms with van der Waals surface area (Å²) in [5.41, 5.74) is 7.75. The highest BCUT2D eigenvalue weighted by molar-refractivity contribution is 5.96. The van der Waals surface area contributed by atoms with Crippen molar-refractivity contribution in [3.8, 4) is 5.75 Å². The van der Waals surface area contributed by atoms with Gasteiger partial charge in [0.15, 0.2) is 0 Å². The molecule has 1 atom stereocenters. The van der Waals surface area contributed by atoms with Gasteiger partial charge in [-0.25, -0.2) is 0 Å². The quantitative estimate of drug-likeness (QED) is 0.877. The molecule has 1 aliphatic heterocycles. The molecular formula is C17H23N3O. The van der Waals surface area contributed by atoms with Gasteiger partial charge < -0.3 is 15.4 Å². The fourth-order valence-corrected chi connectivity index (χ4v) is 3.11. The fraction of sp³-hybridized carbons (Fsp3) is 0.471. The topological polar surface area (TPSA) is 51.4 Å². The summed E-state index contributed by atoms with van der Waals surface area (Å²) in [7, 11) is 2.20. The van der Waals surface area contributed by atoms with Gasteiger partial charge >= 0.3 is 0 Å². The lowest BCUT2D eigenvalue weighted by Crippen LogP contribution is -2.26. The number of nitrogen functional groups attached to an aromatic ring is 1. The van der Waals surface area contributed by atoms with E-state index in [1.54, 1.807) is 0 Å². The summed E-state index contributed by atoms with van der Waals surface area (Å²) >= 11 is 0. The van der Waals surface area contributed by atoms with Crippen molar-refractivity contribution in [3.63, 3.8) is 0 Å². The van der Waals surface area contributed by atoms with Crippen LogP contribution in [0.1, 0.15) is 25.0 Å². The zero-order valence-electron chi connectivity index (χ0n) is 12.8. The Bertz CT molecular complexity index is 641. The van der Waals surface area contributed by atoms with Crippen molar-refractivity contribution < 1.29 is 4.74 Å². The molecule has 2 aromatic rings. The molecule has 0 radical (unpaired) electrons. The van der Waals surface area contributed by atoms with Gasteiger partial charge in [0.25, 0.3) is 0 Å². The molecule has 1 aromatic heterocycles. The van der Waals surface area contributed by atoms with Gasteiger partial charge in [0.05, 0.1) is 6.61 Å². The van der Waals surface area contributed by atoms with Crippen LogP contribution in [0.5, 0.6) is 5.75 Å². The Kier molecular flexibility index (Phi) is 3.97. The molecule has 0 saturated carbocycles. The number of nitrogens with two attached hydrogens (primary N) is 1. The van der Waals surface area contributed by atoms with Crippen LogP contribution in [0.4, 0.5) is 5.69 Å². The van der Waals surface area contributed by atoms with E-state index in [0.717, 1.165) is 40.9 Å². The molecule has 21 heavy (non-hydrogen) atoms. The third-order valence-corrected chi connectivity index (χ3v) is 4.41. The number of hydrogen-bond donors (Lipinski definition) is 1. The second kappa shape index (κ2) is 5.90. The molecule has 1 fully saturated rings. The minimum absolute atomic E-state index is 0.661. The highest BCUT2D eigenvalue weighted by atomic mass is 16.5. The van der Waals surface area contributed by atoms with Crippen molar-refractivity contribution in [1.29, 1.82) is 0 Å². The normalized spacial score (nSPS) is 19.2. The van der Waals surface area contributed by atoms with Crippen LogP contribution in [0.3, 0.4) is 0 Å². The van der Waals surface area contributed by atoms with Gasteiger partial charge in [-0.05, 0) is 58.0 Å². The van der Waals surface area contributed by atoms with Gasteiger partial charge in [-0.1, -0.05) is 0 Å². The van der Waals surface area contributed by atoms with Crippen molar-refractivity contribution >= 4 is 16.5 Å². The molecule has 112 valence electrons. The third kappa shape index (κ3) is 2.95. The third-order valence-electron chi connectivity index (χ3n) is 4.41. The van der Waals surface area contributed by atoms with E-state index in [2.05, 4.69) is 16.9 Å². The molecule has 2 N–H and O–H groups in total. The first-order chi connectivity index (χ1) is 10.1. The van der Waals surface area contributed by atoms with Crippen LogP contribution in [-0.2, 0) is 0 Å². The first kappa shape index (κ1) is 14.1. The summed E-state index contributed by atoms with van der Waals surface area (Å²) in [6.45, 7) is 3.94. The number of likely N-dealkylation sites (tertiary alicyclic amines) is 1. The molecule has 1 aromatic carbocycles. The zero-order valence-corrected chi connectivity index (χ0v) is 12.8. The molecule has 0 bridgehead atoms. The predicted molar refractivity (Wildman–Crippen MR) is 86.7 cm³/mol. The number of fused-ring (bicyclic) bond motifs is 1. The van der Waals surface area contributed by atoms with Crippen LogP contribution >= 0.6 is 0 Å². The first-order valence-corrected chi connectivity index (χ1v) is 7.63. The maximum absolute atomic E-state index is 6.03. The summed E-state index contributed by atoms with van der Waals surface area (Å²) in [6, 6.07) is 6.57. The first-order valence-electron chi connectivity index (χ1n) is 7.63. The number of aryl methyl sites for hydroxylation is 1. The van der Waals surface area contributed by atoms with Gasteiger partial charge in [0.1, 0.15) is 5.75 Å². The monoisotopic (exact) mass is 285 g/mol. The summed E-state index contributed by atoms with van der Waals surface area (Å²) < 4.78 is 6.03. The van der Waals surface area contributed by atoms with E-state index in [0.29, 0.717) is 6.04 Å². The number of aromatic nitrogens is 1. The van der Waals surface area contributed by atoms with Gasteiger partial charge in [0.2, 0.25) is 0 Å². The molecular weight excluding hydrogens is 262 g/mol. The Morgan fingerprint density at radius 3 is 3.00 bits per heavy atom. The summed E-state index contributed by atoms with van der Waals surface area (Å²) in [5, 5.41) is 2.03. The Balaban J connectivity index is 1.74. The maximum Gasteiger partial charge on any atom is 0.127 e. The van der Waals surface area contributed by atoms with Crippen molar-refractivity contribution in [2.24, 2.45) is 0 Å². The summed E-state index contributed by atoms with van der Waals surface area (Å²) in [6.07, 6.45) is 5.49. The number of benzene rings is 1. The van der Waals surface area contributed by atoms with Crippen LogP contribution in [-0.4, -0.2) is 36.1 Å². The molecule has 2 heterocycles. The van der Waals surface area contributed by atoms with Crippen LogP contribution < -0.4 is 10.5 Å². The van der Waals surface area contributed by atoms with E-state index in [-0.39, 0.29) is 0 Å². The smallest absolute Gasteiger partial charge is 0.127 e. The van der Waals surface area contributed by atoms with Crippen LogP contribution in [0.15, 0.2) is 24.4 Å². The second-order valence-electron chi connectivity index (χ2n) is 5.94. The lowest BCUT2D eigenvalue weighted by Gasteiger charge is -2.19. The van der Waals surface area contributed by atoms with E-state index in [4.69, 9.17) is 10.5 Å². The maximum atomic E-state index is 6.03. The van der Waals surface area contributed by atoms with Crippen molar-refractivity contribution in [1.82, 2.24) is 9.88 Å². The van der Waals surface area contributed by atoms with Crippen LogP contribution in [0, 0.1) is 6.92 Å². The van der Waals surface area contributed by atoms with E-state index in [1.807, 2.05) is 31.3 Å². The second-order valence-corrected chi connectivity index (χ2v) is 5.94. The molecule has 0 spiro atoms. The lowest BCUT2D eigenvalue weighted by molar-refractivity contribution is 0.234. The average molecular weight is 285 g/mol. The highest BCUT2D eigenvalue weighted by Crippen LogP contribution is 2.30. The van der Waals surface area contributed by atoms with E-state index < -0.39 is 0 Å². The highest BCUT2D eigenvalue weighted by Gasteiger charge is 2.20. The number of rotatable bonds is 4. The molecule has 1 aliphatic rings. The Labute approximate surface area is 125 Å². The van der Waals surface area contributed by atoms with Crippen molar-refractivity contribution in [2.45, 2.75) is 32.2 Å². The number of nitrogens with zero attached hydrogens (tertiary/aromatic N) is 2. The number of anilines is 1. The van der Waals surface area contributed by atoms with Crippen LogP contribution in [0.2, 0.25) is 0 Å². The molecule has 4 nitrogen and oxygen atoms in total. The average Bonchev–Trinajstić information content (AvgIpc) is 2.87. The van der Waals surface area contributed by atoms with E-state index in [1.165, 1.54) is 19.4 Å². The van der Waals surface area contributed by atoms with Gasteiger partial charge in [-0.15, -0.1) is 0 Å². The molecule has 0 amide bonds. The van der Waals surface area contributed by atoms with Crippen molar-refractivity contribution in [2.75, 3.05) is 25.9 Å². The van der Waals surface area contributed by atoms with E-state index in [9.17, 15) is 0 Å². The minimum atomic E-state index is 0.661. The summed E-state index contributed by atoms with van der Waals surface area (Å²) in [4.78, 5) is 6.75. The Morgan fingerprint density at radius 1 is 1.38 bits per heavy atom. The minimum Gasteiger partial charge on any atom is -0.493 e. The fourth-order valence-electron chi connectivity index (χ4n) is 3.11. The van der Waals surface area contributed by atoms with Crippen LogP contribution in [0.25, 0.3) is 10.8 Å². The molecule has 4 heteroatoms. The van der Waals surface area contributed by atoms with Gasteiger partial charge in [-0.3, -0.25) is 4.98 Å². The van der Waals surface area contributed by atoms with Gasteiger partial charge in [-0.2, -0.15) is 0 Å². The largest absolute Gasteiger partial charge is 0.493 e. The van der Waals surface area contributed by atoms with Crippen molar-refractivity contribution in [3.05, 3.63) is 30.1 Å². The van der Waals surface area contributed by atoms with E-state index >= 15 is 0 Å². The SMILES string of the molecule is Cc1cc2c(OCCC3CCCN3C)ccc(N)c2cn1. The zero-order chi connectivity index (χ0) is 14.8. The Hall–Kier alpha value is -1.81. The lowest BCUT2D eigenvalue weighted by atomic mass is 10.1. The standard InChI is InChI=1S/C17H23N3O/c1-12-10-14-15(11-19-12)16(18)5-6-17(14)21-9-7-13-4-3-8-20(13)2/h5-6,10-11,13H,3-4,7-9,18H2,1-2H3. The number of hydrogen-bond acceptors (Lipinski definition) is 4. The number of ether oxygens (including phenoxy) is 1. The molecule has 0 aliphatic carbocycles. The molecule has 1 saturated heterocycles. The predicted octanol–water partition coefficient (Wildman–Crippen LogP) is 2.99. The molecule has 1 unspecified atom stereocenters.